The summed E-state index contributed by atoms with van der Waals surface area (Å²) in [5, 5.41) is 5.23. The highest BCUT2D eigenvalue weighted by molar-refractivity contribution is 4.96. The highest BCUT2D eigenvalue weighted by atomic mass is 15.7. The van der Waals surface area contributed by atoms with Gasteiger partial charge in [0, 0.05) is 30.2 Å². The van der Waals surface area contributed by atoms with Crippen LogP contribution in [0.5, 0.6) is 0 Å². The molecule has 0 amide bonds. The molecule has 2 N–H and O–H groups in total. The van der Waals surface area contributed by atoms with E-state index in [0.29, 0.717) is 17.1 Å². The van der Waals surface area contributed by atoms with E-state index in [0.717, 1.165) is 25.9 Å². The molecule has 2 aliphatic heterocycles. The first-order chi connectivity index (χ1) is 7.83. The predicted octanol–water partition coefficient (Wildman–Crippen LogP) is 2.37. The molecule has 0 aromatic heterocycles. The van der Waals surface area contributed by atoms with Crippen LogP contribution in [0.1, 0.15) is 59.8 Å². The third-order valence-corrected chi connectivity index (χ3v) is 4.52. The normalized spacial score (nSPS) is 31.6. The van der Waals surface area contributed by atoms with Crippen LogP contribution in [-0.2, 0) is 0 Å². The molecular formula is C14H29N3. The van der Waals surface area contributed by atoms with Crippen molar-refractivity contribution >= 4 is 0 Å². The molecule has 0 spiro atoms. The molecule has 2 rings (SSSR count). The first-order valence-electron chi connectivity index (χ1n) is 7.14. The Kier molecular flexibility index (Phi) is 3.54. The molecule has 2 aliphatic rings. The highest BCUT2D eigenvalue weighted by Gasteiger charge is 2.44. The van der Waals surface area contributed by atoms with Gasteiger partial charge in [-0.05, 0) is 59.8 Å². The van der Waals surface area contributed by atoms with Crippen LogP contribution in [0.4, 0.5) is 0 Å². The van der Waals surface area contributed by atoms with Crippen LogP contribution in [0.3, 0.4) is 0 Å². The SMILES string of the molecule is CC1(C)CCCC(C)(C)N1N1CCC(N)CC1. The second-order valence-electron chi connectivity index (χ2n) is 7.08. The molecule has 0 aromatic carbocycles. The van der Waals surface area contributed by atoms with Gasteiger partial charge in [-0.1, -0.05) is 0 Å². The van der Waals surface area contributed by atoms with Gasteiger partial charge in [0.1, 0.15) is 0 Å². The van der Waals surface area contributed by atoms with Gasteiger partial charge < -0.3 is 5.73 Å². The van der Waals surface area contributed by atoms with E-state index in [4.69, 9.17) is 5.73 Å². The fourth-order valence-electron chi connectivity index (χ4n) is 3.84. The summed E-state index contributed by atoms with van der Waals surface area (Å²) in [7, 11) is 0. The smallest absolute Gasteiger partial charge is 0.0306 e. The molecule has 0 aromatic rings. The van der Waals surface area contributed by atoms with Crippen molar-refractivity contribution in [2.24, 2.45) is 5.73 Å². The fraction of sp³-hybridized carbons (Fsp3) is 1.00. The van der Waals surface area contributed by atoms with Crippen LogP contribution in [0.25, 0.3) is 0 Å². The van der Waals surface area contributed by atoms with Crippen molar-refractivity contribution in [3.63, 3.8) is 0 Å². The van der Waals surface area contributed by atoms with E-state index in [1.807, 2.05) is 0 Å². The van der Waals surface area contributed by atoms with Crippen molar-refractivity contribution in [1.82, 2.24) is 10.0 Å². The number of hydrazine groups is 1. The molecule has 0 aliphatic carbocycles. The highest BCUT2D eigenvalue weighted by Crippen LogP contribution is 2.40. The Morgan fingerprint density at radius 3 is 1.88 bits per heavy atom. The summed E-state index contributed by atoms with van der Waals surface area (Å²) >= 11 is 0. The Morgan fingerprint density at radius 2 is 1.41 bits per heavy atom. The van der Waals surface area contributed by atoms with Crippen LogP contribution in [0.15, 0.2) is 0 Å². The lowest BCUT2D eigenvalue weighted by Crippen LogP contribution is -2.66. The van der Waals surface area contributed by atoms with E-state index in [2.05, 4.69) is 37.7 Å². The van der Waals surface area contributed by atoms with Gasteiger partial charge in [0.25, 0.3) is 0 Å². The van der Waals surface area contributed by atoms with E-state index in [1.54, 1.807) is 0 Å². The standard InChI is InChI=1S/C14H29N3/c1-13(2)8-5-9-14(3,4)17(13)16-10-6-12(15)7-11-16/h12H,5-11,15H2,1-4H3. The molecule has 0 unspecified atom stereocenters. The van der Waals surface area contributed by atoms with Gasteiger partial charge in [0.05, 0.1) is 0 Å². The maximum Gasteiger partial charge on any atom is 0.0306 e. The van der Waals surface area contributed by atoms with Crippen LogP contribution < -0.4 is 5.73 Å². The van der Waals surface area contributed by atoms with Gasteiger partial charge >= 0.3 is 0 Å². The first kappa shape index (κ1) is 13.3. The molecule has 3 heteroatoms. The fourth-order valence-corrected chi connectivity index (χ4v) is 3.84. The molecule has 2 saturated heterocycles. The van der Waals surface area contributed by atoms with Gasteiger partial charge in [-0.2, -0.15) is 0 Å². The second kappa shape index (κ2) is 4.52. The summed E-state index contributed by atoms with van der Waals surface area (Å²) in [6.07, 6.45) is 6.24. The topological polar surface area (TPSA) is 32.5 Å². The van der Waals surface area contributed by atoms with Crippen LogP contribution in [0, 0.1) is 0 Å². The first-order valence-corrected chi connectivity index (χ1v) is 7.14. The second-order valence-corrected chi connectivity index (χ2v) is 7.08. The van der Waals surface area contributed by atoms with Crippen LogP contribution >= 0.6 is 0 Å². The van der Waals surface area contributed by atoms with Crippen molar-refractivity contribution in [3.05, 3.63) is 0 Å². The zero-order valence-electron chi connectivity index (χ0n) is 12.0. The molecule has 3 nitrogen and oxygen atoms in total. The summed E-state index contributed by atoms with van der Waals surface area (Å²) < 4.78 is 0. The lowest BCUT2D eigenvalue weighted by Gasteiger charge is -2.58. The van der Waals surface area contributed by atoms with Crippen molar-refractivity contribution < 1.29 is 0 Å². The Morgan fingerprint density at radius 1 is 0.941 bits per heavy atom. The van der Waals surface area contributed by atoms with Gasteiger partial charge in [0.15, 0.2) is 0 Å². The minimum atomic E-state index is 0.295. The average Bonchev–Trinajstić information content (AvgIpc) is 2.18. The molecular weight excluding hydrogens is 210 g/mol. The van der Waals surface area contributed by atoms with Crippen molar-refractivity contribution in [1.29, 1.82) is 0 Å². The van der Waals surface area contributed by atoms with Crippen molar-refractivity contribution in [3.8, 4) is 0 Å². The van der Waals surface area contributed by atoms with Gasteiger partial charge in [0.2, 0.25) is 0 Å². The maximum absolute atomic E-state index is 6.02. The van der Waals surface area contributed by atoms with Gasteiger partial charge in [-0.15, -0.1) is 0 Å². The lowest BCUT2D eigenvalue weighted by atomic mass is 9.81. The number of hydrogen-bond acceptors (Lipinski definition) is 3. The summed E-state index contributed by atoms with van der Waals surface area (Å²) in [6.45, 7) is 11.8. The number of nitrogens with two attached hydrogens (primary N) is 1. The summed E-state index contributed by atoms with van der Waals surface area (Å²) in [6, 6.07) is 0.419. The number of nitrogens with zero attached hydrogens (tertiary/aromatic N) is 2. The molecule has 100 valence electrons. The zero-order chi connectivity index (χ0) is 12.7. The molecule has 2 fully saturated rings. The third-order valence-electron chi connectivity index (χ3n) is 4.52. The Bertz CT molecular complexity index is 249. The monoisotopic (exact) mass is 239 g/mol. The summed E-state index contributed by atoms with van der Waals surface area (Å²) in [5.74, 6) is 0. The van der Waals surface area contributed by atoms with E-state index in [1.165, 1.54) is 19.3 Å². The summed E-state index contributed by atoms with van der Waals surface area (Å²) in [5.41, 5.74) is 6.61. The third kappa shape index (κ3) is 2.67. The van der Waals surface area contributed by atoms with Crippen molar-refractivity contribution in [2.45, 2.75) is 76.9 Å². The quantitative estimate of drug-likeness (QED) is 0.762. The number of piperidine rings is 2. The van der Waals surface area contributed by atoms with E-state index in [-0.39, 0.29) is 0 Å². The van der Waals surface area contributed by atoms with Gasteiger partial charge in [-0.3, -0.25) is 0 Å². The number of rotatable bonds is 1. The largest absolute Gasteiger partial charge is 0.328 e. The predicted molar refractivity (Wildman–Crippen MR) is 72.6 cm³/mol. The Balaban J connectivity index is 2.14. The lowest BCUT2D eigenvalue weighted by molar-refractivity contribution is -0.190. The maximum atomic E-state index is 6.02. The van der Waals surface area contributed by atoms with E-state index < -0.39 is 0 Å². The van der Waals surface area contributed by atoms with E-state index in [9.17, 15) is 0 Å². The molecule has 0 radical (unpaired) electrons. The average molecular weight is 239 g/mol. The number of hydrogen-bond donors (Lipinski definition) is 1. The van der Waals surface area contributed by atoms with Crippen LogP contribution in [-0.4, -0.2) is 40.2 Å². The molecule has 0 atom stereocenters. The zero-order valence-corrected chi connectivity index (χ0v) is 12.0. The Labute approximate surface area is 106 Å². The summed E-state index contributed by atoms with van der Waals surface area (Å²) in [4.78, 5) is 0. The Hall–Kier alpha value is -0.120. The van der Waals surface area contributed by atoms with Crippen LogP contribution in [0.2, 0.25) is 0 Å². The van der Waals surface area contributed by atoms with Gasteiger partial charge in [-0.25, -0.2) is 10.0 Å². The molecule has 2 heterocycles. The van der Waals surface area contributed by atoms with Crippen molar-refractivity contribution in [2.75, 3.05) is 13.1 Å². The van der Waals surface area contributed by atoms with E-state index >= 15 is 0 Å². The molecule has 0 bridgehead atoms. The molecule has 0 saturated carbocycles. The minimum Gasteiger partial charge on any atom is -0.328 e. The molecule has 17 heavy (non-hydrogen) atoms. The minimum absolute atomic E-state index is 0.295.